The minimum atomic E-state index is 0.0502. The van der Waals surface area contributed by atoms with Gasteiger partial charge in [-0.2, -0.15) is 0 Å². The fourth-order valence-electron chi connectivity index (χ4n) is 2.17. The highest BCUT2D eigenvalue weighted by molar-refractivity contribution is 5.42. The van der Waals surface area contributed by atoms with Gasteiger partial charge in [-0.3, -0.25) is 0 Å². The summed E-state index contributed by atoms with van der Waals surface area (Å²) in [5.41, 5.74) is 9.41. The summed E-state index contributed by atoms with van der Waals surface area (Å²) in [6.45, 7) is 8.41. The zero-order chi connectivity index (χ0) is 14.7. The molecule has 0 spiro atoms. The van der Waals surface area contributed by atoms with Gasteiger partial charge in [-0.1, -0.05) is 38.1 Å². The Labute approximate surface area is 121 Å². The van der Waals surface area contributed by atoms with E-state index in [-0.39, 0.29) is 6.04 Å². The molecule has 2 N–H and O–H groups in total. The maximum Gasteiger partial charge on any atom is 0.131 e. The molecule has 0 amide bonds. The van der Waals surface area contributed by atoms with E-state index in [0.29, 0.717) is 5.92 Å². The Morgan fingerprint density at radius 2 is 1.60 bits per heavy atom. The topological polar surface area (TPSA) is 35.2 Å². The second kappa shape index (κ2) is 6.10. The van der Waals surface area contributed by atoms with Crippen molar-refractivity contribution >= 4 is 0 Å². The van der Waals surface area contributed by atoms with Gasteiger partial charge in [0.2, 0.25) is 0 Å². The molecule has 20 heavy (non-hydrogen) atoms. The van der Waals surface area contributed by atoms with E-state index in [1.165, 1.54) is 11.1 Å². The van der Waals surface area contributed by atoms with Crippen LogP contribution < -0.4 is 10.5 Å². The van der Waals surface area contributed by atoms with E-state index in [2.05, 4.69) is 39.0 Å². The van der Waals surface area contributed by atoms with Crippen LogP contribution in [0, 0.1) is 6.92 Å². The maximum absolute atomic E-state index is 6.05. The van der Waals surface area contributed by atoms with Crippen LogP contribution in [0.5, 0.6) is 11.5 Å². The lowest BCUT2D eigenvalue weighted by Crippen LogP contribution is -2.04. The van der Waals surface area contributed by atoms with Crippen molar-refractivity contribution in [2.75, 3.05) is 0 Å². The van der Waals surface area contributed by atoms with Gasteiger partial charge in [-0.05, 0) is 54.7 Å². The molecule has 0 aromatic heterocycles. The molecule has 106 valence electrons. The zero-order valence-electron chi connectivity index (χ0n) is 12.7. The minimum absolute atomic E-state index is 0.0502. The normalized spacial score (nSPS) is 12.5. The van der Waals surface area contributed by atoms with E-state index >= 15 is 0 Å². The van der Waals surface area contributed by atoms with Crippen molar-refractivity contribution in [3.63, 3.8) is 0 Å². The number of ether oxygens (including phenoxy) is 1. The van der Waals surface area contributed by atoms with E-state index in [1.54, 1.807) is 0 Å². The molecule has 0 saturated heterocycles. The molecular formula is C18H23NO. The van der Waals surface area contributed by atoms with Crippen LogP contribution in [0.25, 0.3) is 0 Å². The van der Waals surface area contributed by atoms with E-state index < -0.39 is 0 Å². The Bertz CT molecular complexity index is 570. The van der Waals surface area contributed by atoms with E-state index in [4.69, 9.17) is 10.5 Å². The first-order valence-electron chi connectivity index (χ1n) is 7.11. The average Bonchev–Trinajstić information content (AvgIpc) is 2.39. The van der Waals surface area contributed by atoms with Crippen LogP contribution in [-0.2, 0) is 0 Å². The smallest absolute Gasteiger partial charge is 0.131 e. The van der Waals surface area contributed by atoms with E-state index in [1.807, 2.05) is 31.2 Å². The van der Waals surface area contributed by atoms with Gasteiger partial charge in [-0.15, -0.1) is 0 Å². The third-order valence-corrected chi connectivity index (χ3v) is 3.42. The zero-order valence-corrected chi connectivity index (χ0v) is 12.7. The summed E-state index contributed by atoms with van der Waals surface area (Å²) in [7, 11) is 0. The molecule has 0 saturated carbocycles. The fourth-order valence-corrected chi connectivity index (χ4v) is 2.17. The number of benzene rings is 2. The molecule has 0 aliphatic heterocycles. The number of hydrogen-bond acceptors (Lipinski definition) is 2. The van der Waals surface area contributed by atoms with Crippen LogP contribution in [-0.4, -0.2) is 0 Å². The number of hydrogen-bond donors (Lipinski definition) is 1. The summed E-state index contributed by atoms with van der Waals surface area (Å²) in [5, 5.41) is 0. The lowest BCUT2D eigenvalue weighted by Gasteiger charge is -2.15. The van der Waals surface area contributed by atoms with Crippen LogP contribution in [0.1, 0.15) is 49.4 Å². The van der Waals surface area contributed by atoms with Gasteiger partial charge < -0.3 is 10.5 Å². The minimum Gasteiger partial charge on any atom is -0.457 e. The molecular weight excluding hydrogens is 246 g/mol. The average molecular weight is 269 g/mol. The molecule has 2 heteroatoms. The molecule has 0 fully saturated rings. The van der Waals surface area contributed by atoms with Gasteiger partial charge in [0.15, 0.2) is 0 Å². The van der Waals surface area contributed by atoms with Gasteiger partial charge in [0.05, 0.1) is 0 Å². The van der Waals surface area contributed by atoms with Crippen molar-refractivity contribution in [1.29, 1.82) is 0 Å². The van der Waals surface area contributed by atoms with Crippen LogP contribution in [0.3, 0.4) is 0 Å². The first-order chi connectivity index (χ1) is 9.47. The number of rotatable bonds is 4. The molecule has 0 radical (unpaired) electrons. The lowest BCUT2D eigenvalue weighted by atomic mass is 10.0. The third-order valence-electron chi connectivity index (χ3n) is 3.42. The molecule has 2 nitrogen and oxygen atoms in total. The molecule has 2 aromatic rings. The standard InChI is InChI=1S/C18H23NO/c1-12(2)17-10-5-13(3)11-18(17)20-16-8-6-15(7-9-16)14(4)19/h5-12,14H,19H2,1-4H3. The summed E-state index contributed by atoms with van der Waals surface area (Å²) in [6, 6.07) is 14.4. The van der Waals surface area contributed by atoms with Crippen LogP contribution in [0.15, 0.2) is 42.5 Å². The van der Waals surface area contributed by atoms with Crippen molar-refractivity contribution in [2.24, 2.45) is 5.73 Å². The van der Waals surface area contributed by atoms with Crippen molar-refractivity contribution in [1.82, 2.24) is 0 Å². The molecule has 0 aliphatic carbocycles. The highest BCUT2D eigenvalue weighted by Gasteiger charge is 2.09. The third kappa shape index (κ3) is 3.40. The Morgan fingerprint density at radius 1 is 0.950 bits per heavy atom. The lowest BCUT2D eigenvalue weighted by molar-refractivity contribution is 0.472. The summed E-state index contributed by atoms with van der Waals surface area (Å²) in [6.07, 6.45) is 0. The molecule has 1 atom stereocenters. The predicted octanol–water partition coefficient (Wildman–Crippen LogP) is 4.93. The Hall–Kier alpha value is -1.80. The molecule has 2 aromatic carbocycles. The fraction of sp³-hybridized carbons (Fsp3) is 0.333. The predicted molar refractivity (Wildman–Crippen MR) is 84.4 cm³/mol. The van der Waals surface area contributed by atoms with E-state index in [9.17, 15) is 0 Å². The van der Waals surface area contributed by atoms with Gasteiger partial charge in [0, 0.05) is 6.04 Å². The monoisotopic (exact) mass is 269 g/mol. The van der Waals surface area contributed by atoms with Gasteiger partial charge in [0.25, 0.3) is 0 Å². The SMILES string of the molecule is Cc1ccc(C(C)C)c(Oc2ccc(C(C)N)cc2)c1. The van der Waals surface area contributed by atoms with Gasteiger partial charge >= 0.3 is 0 Å². The summed E-state index contributed by atoms with van der Waals surface area (Å²) in [5.74, 6) is 2.23. The second-order valence-corrected chi connectivity index (χ2v) is 5.66. The summed E-state index contributed by atoms with van der Waals surface area (Å²) < 4.78 is 6.05. The Balaban J connectivity index is 2.27. The maximum atomic E-state index is 6.05. The Kier molecular flexibility index (Phi) is 4.46. The highest BCUT2D eigenvalue weighted by Crippen LogP contribution is 2.31. The quantitative estimate of drug-likeness (QED) is 0.854. The van der Waals surface area contributed by atoms with Crippen molar-refractivity contribution < 1.29 is 4.74 Å². The van der Waals surface area contributed by atoms with E-state index in [0.717, 1.165) is 17.1 Å². The summed E-state index contributed by atoms with van der Waals surface area (Å²) >= 11 is 0. The first kappa shape index (κ1) is 14.6. The molecule has 1 unspecified atom stereocenters. The van der Waals surface area contributed by atoms with Crippen molar-refractivity contribution in [3.8, 4) is 11.5 Å². The van der Waals surface area contributed by atoms with Crippen LogP contribution in [0.4, 0.5) is 0 Å². The first-order valence-corrected chi connectivity index (χ1v) is 7.11. The molecule has 2 rings (SSSR count). The number of nitrogens with two attached hydrogens (primary N) is 1. The van der Waals surface area contributed by atoms with Gasteiger partial charge in [-0.25, -0.2) is 0 Å². The molecule has 0 aliphatic rings. The van der Waals surface area contributed by atoms with Crippen LogP contribution in [0.2, 0.25) is 0 Å². The molecule has 0 bridgehead atoms. The van der Waals surface area contributed by atoms with Crippen molar-refractivity contribution in [3.05, 3.63) is 59.2 Å². The second-order valence-electron chi connectivity index (χ2n) is 5.66. The van der Waals surface area contributed by atoms with Gasteiger partial charge in [0.1, 0.15) is 11.5 Å². The van der Waals surface area contributed by atoms with Crippen molar-refractivity contribution in [2.45, 2.75) is 39.7 Å². The summed E-state index contributed by atoms with van der Waals surface area (Å²) in [4.78, 5) is 0. The number of aryl methyl sites for hydroxylation is 1. The highest BCUT2D eigenvalue weighted by atomic mass is 16.5. The Morgan fingerprint density at radius 3 is 2.15 bits per heavy atom. The van der Waals surface area contributed by atoms with Crippen LogP contribution >= 0.6 is 0 Å². The largest absolute Gasteiger partial charge is 0.457 e. The molecule has 0 heterocycles.